The van der Waals surface area contributed by atoms with Crippen LogP contribution in [0.1, 0.15) is 22.7 Å². The van der Waals surface area contributed by atoms with E-state index in [9.17, 15) is 4.39 Å². The Morgan fingerprint density at radius 1 is 1.21 bits per heavy atom. The molecule has 0 spiro atoms. The molecule has 1 atom stereocenters. The Kier molecular flexibility index (Phi) is 4.56. The molecule has 100 valence electrons. The molecule has 0 saturated carbocycles. The number of hydrogen-bond acceptors (Lipinski definition) is 1. The number of hydrogen-bond donors (Lipinski definition) is 1. The number of benzene rings is 2. The number of rotatable bonds is 4. The fourth-order valence-corrected chi connectivity index (χ4v) is 2.36. The van der Waals surface area contributed by atoms with E-state index in [-0.39, 0.29) is 16.9 Å². The molecule has 0 bridgehead atoms. The van der Waals surface area contributed by atoms with Crippen molar-refractivity contribution in [1.29, 1.82) is 0 Å². The van der Waals surface area contributed by atoms with Gasteiger partial charge in [-0.15, -0.1) is 0 Å². The zero-order valence-electron chi connectivity index (χ0n) is 11.1. The zero-order chi connectivity index (χ0) is 13.8. The van der Waals surface area contributed by atoms with Gasteiger partial charge >= 0.3 is 0 Å². The number of aryl methyl sites for hydroxylation is 1. The average Bonchev–Trinajstić information content (AvgIpc) is 2.41. The monoisotopic (exact) mass is 277 g/mol. The van der Waals surface area contributed by atoms with E-state index in [1.165, 1.54) is 17.2 Å². The van der Waals surface area contributed by atoms with Crippen LogP contribution in [0.4, 0.5) is 4.39 Å². The summed E-state index contributed by atoms with van der Waals surface area (Å²) in [7, 11) is 1.90. The summed E-state index contributed by atoms with van der Waals surface area (Å²) < 4.78 is 13.2. The van der Waals surface area contributed by atoms with Crippen LogP contribution in [0.5, 0.6) is 0 Å². The van der Waals surface area contributed by atoms with Crippen molar-refractivity contribution in [2.24, 2.45) is 0 Å². The van der Waals surface area contributed by atoms with Crippen LogP contribution in [0.2, 0.25) is 5.02 Å². The first-order valence-electron chi connectivity index (χ1n) is 6.28. The normalized spacial score (nSPS) is 12.4. The molecule has 3 heteroatoms. The van der Waals surface area contributed by atoms with Crippen molar-refractivity contribution in [3.05, 3.63) is 70.0 Å². The van der Waals surface area contributed by atoms with Crippen molar-refractivity contribution in [2.45, 2.75) is 19.4 Å². The molecule has 2 aromatic carbocycles. The third-order valence-corrected chi connectivity index (χ3v) is 3.67. The van der Waals surface area contributed by atoms with E-state index >= 15 is 0 Å². The van der Waals surface area contributed by atoms with Crippen LogP contribution in [0, 0.1) is 12.7 Å². The van der Waals surface area contributed by atoms with Gasteiger partial charge in [-0.05, 0) is 49.2 Å². The Labute approximate surface area is 118 Å². The summed E-state index contributed by atoms with van der Waals surface area (Å²) in [6.07, 6.45) is 0.852. The van der Waals surface area contributed by atoms with Gasteiger partial charge in [0.1, 0.15) is 5.82 Å². The second-order valence-electron chi connectivity index (χ2n) is 4.65. The van der Waals surface area contributed by atoms with Gasteiger partial charge in [-0.25, -0.2) is 4.39 Å². The molecule has 0 aliphatic rings. The van der Waals surface area contributed by atoms with Crippen LogP contribution in [-0.2, 0) is 6.42 Å². The van der Waals surface area contributed by atoms with Crippen LogP contribution in [0.3, 0.4) is 0 Å². The van der Waals surface area contributed by atoms with Gasteiger partial charge in [0, 0.05) is 6.04 Å². The predicted molar refractivity (Wildman–Crippen MR) is 78.1 cm³/mol. The smallest absolute Gasteiger partial charge is 0.141 e. The molecule has 0 fully saturated rings. The van der Waals surface area contributed by atoms with Gasteiger partial charge in [-0.1, -0.05) is 41.9 Å². The highest BCUT2D eigenvalue weighted by Crippen LogP contribution is 2.24. The van der Waals surface area contributed by atoms with Crippen molar-refractivity contribution in [3.63, 3.8) is 0 Å². The Hall–Kier alpha value is -1.38. The second kappa shape index (κ2) is 6.18. The van der Waals surface area contributed by atoms with Gasteiger partial charge < -0.3 is 5.32 Å². The third kappa shape index (κ3) is 3.34. The summed E-state index contributed by atoms with van der Waals surface area (Å²) in [6.45, 7) is 2.10. The van der Waals surface area contributed by atoms with Crippen molar-refractivity contribution < 1.29 is 4.39 Å². The molecule has 19 heavy (non-hydrogen) atoms. The molecule has 0 heterocycles. The van der Waals surface area contributed by atoms with Gasteiger partial charge in [0.25, 0.3) is 0 Å². The van der Waals surface area contributed by atoms with E-state index in [2.05, 4.69) is 24.4 Å². The summed E-state index contributed by atoms with van der Waals surface area (Å²) >= 11 is 5.85. The van der Waals surface area contributed by atoms with Crippen LogP contribution in [0.15, 0.2) is 42.5 Å². The van der Waals surface area contributed by atoms with Gasteiger partial charge in [0.2, 0.25) is 0 Å². The topological polar surface area (TPSA) is 12.0 Å². The maximum absolute atomic E-state index is 13.2. The molecule has 0 amide bonds. The first-order valence-corrected chi connectivity index (χ1v) is 6.66. The Balaban J connectivity index is 2.25. The van der Waals surface area contributed by atoms with Crippen molar-refractivity contribution in [1.82, 2.24) is 5.32 Å². The summed E-state index contributed by atoms with van der Waals surface area (Å²) in [5.41, 5.74) is 3.54. The molecular weight excluding hydrogens is 261 g/mol. The minimum Gasteiger partial charge on any atom is -0.313 e. The molecule has 2 aromatic rings. The standard InChI is InChI=1S/C16H17ClFN/c1-11-5-3-4-6-12(11)10-16(19-2)13-7-8-15(18)14(17)9-13/h3-9,16,19H,10H2,1-2H3. The lowest BCUT2D eigenvalue weighted by atomic mass is 9.96. The predicted octanol–water partition coefficient (Wildman–Crippen LogP) is 4.29. The third-order valence-electron chi connectivity index (χ3n) is 3.38. The van der Waals surface area contributed by atoms with Crippen molar-refractivity contribution >= 4 is 11.6 Å². The van der Waals surface area contributed by atoms with E-state index in [1.54, 1.807) is 12.1 Å². The highest BCUT2D eigenvalue weighted by atomic mass is 35.5. The van der Waals surface area contributed by atoms with E-state index < -0.39 is 0 Å². The largest absolute Gasteiger partial charge is 0.313 e. The van der Waals surface area contributed by atoms with Crippen LogP contribution in [0.25, 0.3) is 0 Å². The number of nitrogens with one attached hydrogen (secondary N) is 1. The lowest BCUT2D eigenvalue weighted by Gasteiger charge is -2.18. The molecule has 0 aliphatic carbocycles. The quantitative estimate of drug-likeness (QED) is 0.879. The van der Waals surface area contributed by atoms with E-state index in [0.29, 0.717) is 0 Å². The molecule has 0 radical (unpaired) electrons. The molecule has 2 rings (SSSR count). The van der Waals surface area contributed by atoms with Gasteiger partial charge in [0.15, 0.2) is 0 Å². The molecular formula is C16H17ClFN. The Morgan fingerprint density at radius 2 is 1.95 bits per heavy atom. The van der Waals surface area contributed by atoms with Crippen LogP contribution >= 0.6 is 11.6 Å². The molecule has 0 saturated heterocycles. The fraction of sp³-hybridized carbons (Fsp3) is 0.250. The molecule has 0 aromatic heterocycles. The minimum absolute atomic E-state index is 0.124. The van der Waals surface area contributed by atoms with E-state index in [1.807, 2.05) is 19.2 Å². The summed E-state index contributed by atoms with van der Waals surface area (Å²) in [4.78, 5) is 0. The van der Waals surface area contributed by atoms with Crippen LogP contribution < -0.4 is 5.32 Å². The van der Waals surface area contributed by atoms with Crippen LogP contribution in [-0.4, -0.2) is 7.05 Å². The highest BCUT2D eigenvalue weighted by molar-refractivity contribution is 6.30. The lowest BCUT2D eigenvalue weighted by molar-refractivity contribution is 0.585. The molecule has 1 N–H and O–H groups in total. The number of likely N-dealkylation sites (N-methyl/N-ethyl adjacent to an activating group) is 1. The van der Waals surface area contributed by atoms with Crippen molar-refractivity contribution in [3.8, 4) is 0 Å². The number of halogens is 2. The lowest BCUT2D eigenvalue weighted by Crippen LogP contribution is -2.19. The maximum atomic E-state index is 13.2. The Bertz CT molecular complexity index is 568. The first-order chi connectivity index (χ1) is 9.11. The molecule has 1 nitrogen and oxygen atoms in total. The van der Waals surface area contributed by atoms with Gasteiger partial charge in [0.05, 0.1) is 5.02 Å². The highest BCUT2D eigenvalue weighted by Gasteiger charge is 2.13. The van der Waals surface area contributed by atoms with Gasteiger partial charge in [-0.2, -0.15) is 0 Å². The SMILES string of the molecule is CNC(Cc1ccccc1C)c1ccc(F)c(Cl)c1. The zero-order valence-corrected chi connectivity index (χ0v) is 11.8. The fourth-order valence-electron chi connectivity index (χ4n) is 2.17. The van der Waals surface area contributed by atoms with E-state index in [0.717, 1.165) is 12.0 Å². The minimum atomic E-state index is -0.379. The Morgan fingerprint density at radius 3 is 2.58 bits per heavy atom. The van der Waals surface area contributed by atoms with Gasteiger partial charge in [-0.3, -0.25) is 0 Å². The second-order valence-corrected chi connectivity index (χ2v) is 5.05. The molecule has 0 aliphatic heterocycles. The summed E-state index contributed by atoms with van der Waals surface area (Å²) in [6, 6.07) is 13.3. The maximum Gasteiger partial charge on any atom is 0.141 e. The molecule has 1 unspecified atom stereocenters. The average molecular weight is 278 g/mol. The van der Waals surface area contributed by atoms with Crippen molar-refractivity contribution in [2.75, 3.05) is 7.05 Å². The first kappa shape index (κ1) is 14.0. The summed E-state index contributed by atoms with van der Waals surface area (Å²) in [5.74, 6) is -0.379. The summed E-state index contributed by atoms with van der Waals surface area (Å²) in [5, 5.41) is 3.43. The van der Waals surface area contributed by atoms with E-state index in [4.69, 9.17) is 11.6 Å².